The first-order valence-corrected chi connectivity index (χ1v) is 5.71. The van der Waals surface area contributed by atoms with Crippen LogP contribution in [0.5, 0.6) is 0 Å². The van der Waals surface area contributed by atoms with Gasteiger partial charge < -0.3 is 9.72 Å². The number of hydrogen-bond donors (Lipinski definition) is 1. The van der Waals surface area contributed by atoms with Gasteiger partial charge in [-0.05, 0) is 0 Å². The number of imidazole rings is 1. The fraction of sp³-hybridized carbons (Fsp3) is 0.333. The number of nitrogens with zero attached hydrogens (tertiary/aromatic N) is 3. The Labute approximate surface area is 100 Å². The number of carbonyl (C=O) groups excluding carboxylic acids is 1. The largest absolute Gasteiger partial charge is 0.468 e. The Hall–Kier alpha value is -1.83. The number of fused-ring (bicyclic) bond motifs is 1. The van der Waals surface area contributed by atoms with Crippen LogP contribution in [0.15, 0.2) is 16.1 Å². The fourth-order valence-electron chi connectivity index (χ4n) is 1.31. The van der Waals surface area contributed by atoms with Crippen molar-refractivity contribution >= 4 is 28.9 Å². The molecule has 0 saturated heterocycles. The van der Waals surface area contributed by atoms with Crippen LogP contribution in [-0.4, -0.2) is 38.4 Å². The topological polar surface area (TPSA) is 89.9 Å². The zero-order chi connectivity index (χ0) is 12.4. The number of carbonyl (C=O) groups is 1. The van der Waals surface area contributed by atoms with E-state index in [1.54, 1.807) is 7.05 Å². The molecular formula is C9H10N4O3S. The zero-order valence-electron chi connectivity index (χ0n) is 9.26. The molecule has 0 aromatic carbocycles. The lowest BCUT2D eigenvalue weighted by Gasteiger charge is -2.00. The van der Waals surface area contributed by atoms with Crippen molar-refractivity contribution in [2.24, 2.45) is 7.05 Å². The first-order chi connectivity index (χ1) is 8.13. The molecule has 0 aliphatic heterocycles. The molecule has 17 heavy (non-hydrogen) atoms. The SMILES string of the molecule is COC(=O)CSc1ncnc2c1[nH]c(=O)n2C. The minimum atomic E-state index is -0.347. The number of hydrogen-bond acceptors (Lipinski definition) is 6. The number of thioether (sulfide) groups is 1. The van der Waals surface area contributed by atoms with Gasteiger partial charge in [-0.1, -0.05) is 11.8 Å². The number of ether oxygens (including phenoxy) is 1. The Balaban J connectivity index is 2.38. The molecule has 1 N–H and O–H groups in total. The molecule has 0 spiro atoms. The van der Waals surface area contributed by atoms with Gasteiger partial charge in [-0.25, -0.2) is 14.8 Å². The molecule has 0 saturated carbocycles. The third-order valence-electron chi connectivity index (χ3n) is 2.20. The van der Waals surface area contributed by atoms with E-state index in [1.165, 1.54) is 29.8 Å². The number of nitrogens with one attached hydrogen (secondary N) is 1. The maximum absolute atomic E-state index is 11.4. The monoisotopic (exact) mass is 254 g/mol. The highest BCUT2D eigenvalue weighted by molar-refractivity contribution is 8.00. The molecule has 2 rings (SSSR count). The molecule has 90 valence electrons. The molecule has 0 radical (unpaired) electrons. The van der Waals surface area contributed by atoms with Crippen molar-refractivity contribution < 1.29 is 9.53 Å². The summed E-state index contributed by atoms with van der Waals surface area (Å²) >= 11 is 1.20. The molecule has 0 unspecified atom stereocenters. The summed E-state index contributed by atoms with van der Waals surface area (Å²) in [7, 11) is 2.94. The van der Waals surface area contributed by atoms with E-state index in [0.717, 1.165) is 0 Å². The Morgan fingerprint density at radius 1 is 1.59 bits per heavy atom. The minimum absolute atomic E-state index is 0.138. The van der Waals surface area contributed by atoms with E-state index in [1.807, 2.05) is 0 Å². The van der Waals surface area contributed by atoms with Crippen LogP contribution < -0.4 is 5.69 Å². The summed E-state index contributed by atoms with van der Waals surface area (Å²) < 4.78 is 5.92. The Bertz CT molecular complexity index is 618. The van der Waals surface area contributed by atoms with Gasteiger partial charge in [0.25, 0.3) is 0 Å². The molecule has 0 amide bonds. The third-order valence-corrected chi connectivity index (χ3v) is 3.16. The van der Waals surface area contributed by atoms with Crippen LogP contribution in [0.25, 0.3) is 11.2 Å². The summed E-state index contributed by atoms with van der Waals surface area (Å²) in [6.45, 7) is 0. The second-order valence-electron chi connectivity index (χ2n) is 3.23. The lowest BCUT2D eigenvalue weighted by Crippen LogP contribution is -2.12. The quantitative estimate of drug-likeness (QED) is 0.468. The van der Waals surface area contributed by atoms with E-state index in [2.05, 4.69) is 19.7 Å². The summed E-state index contributed by atoms with van der Waals surface area (Å²) in [6, 6.07) is 0. The average Bonchev–Trinajstić information content (AvgIpc) is 2.63. The molecule has 0 atom stereocenters. The molecular weight excluding hydrogens is 244 g/mol. The third kappa shape index (κ3) is 2.16. The number of H-pyrrole nitrogens is 1. The van der Waals surface area contributed by atoms with Gasteiger partial charge in [0.1, 0.15) is 16.9 Å². The highest BCUT2D eigenvalue weighted by atomic mass is 32.2. The van der Waals surface area contributed by atoms with Crippen LogP contribution in [0.2, 0.25) is 0 Å². The summed E-state index contributed by atoms with van der Waals surface area (Å²) in [5, 5.41) is 0.554. The first-order valence-electron chi connectivity index (χ1n) is 4.73. The normalized spacial score (nSPS) is 10.7. The van der Waals surface area contributed by atoms with Crippen molar-refractivity contribution in [3.8, 4) is 0 Å². The Morgan fingerprint density at radius 3 is 3.06 bits per heavy atom. The van der Waals surface area contributed by atoms with Gasteiger partial charge >= 0.3 is 11.7 Å². The van der Waals surface area contributed by atoms with Crippen molar-refractivity contribution in [2.45, 2.75) is 5.03 Å². The second kappa shape index (κ2) is 4.58. The maximum atomic E-state index is 11.4. The van der Waals surface area contributed by atoms with Crippen LogP contribution in [0, 0.1) is 0 Å². The van der Waals surface area contributed by atoms with Crippen molar-refractivity contribution in [1.29, 1.82) is 0 Å². The molecule has 2 aromatic heterocycles. The van der Waals surface area contributed by atoms with Gasteiger partial charge in [0.05, 0.1) is 12.9 Å². The molecule has 2 heterocycles. The van der Waals surface area contributed by atoms with Crippen molar-refractivity contribution in [2.75, 3.05) is 12.9 Å². The van der Waals surface area contributed by atoms with Crippen LogP contribution in [0.1, 0.15) is 0 Å². The molecule has 0 aliphatic carbocycles. The second-order valence-corrected chi connectivity index (χ2v) is 4.20. The number of rotatable bonds is 3. The van der Waals surface area contributed by atoms with E-state index >= 15 is 0 Å². The summed E-state index contributed by atoms with van der Waals surface area (Å²) in [6.07, 6.45) is 1.36. The number of aromatic nitrogens is 4. The lowest BCUT2D eigenvalue weighted by atomic mass is 10.5. The predicted molar refractivity (Wildman–Crippen MR) is 61.9 cm³/mol. The number of aromatic amines is 1. The van der Waals surface area contributed by atoms with Crippen LogP contribution in [0.3, 0.4) is 0 Å². The van der Waals surface area contributed by atoms with Gasteiger partial charge in [0.2, 0.25) is 0 Å². The van der Waals surface area contributed by atoms with Crippen LogP contribution in [-0.2, 0) is 16.6 Å². The van der Waals surface area contributed by atoms with Crippen molar-refractivity contribution in [3.05, 3.63) is 16.8 Å². The van der Waals surface area contributed by atoms with E-state index in [0.29, 0.717) is 16.2 Å². The van der Waals surface area contributed by atoms with Gasteiger partial charge in [-0.3, -0.25) is 9.36 Å². The molecule has 7 nitrogen and oxygen atoms in total. The molecule has 8 heteroatoms. The Morgan fingerprint density at radius 2 is 2.35 bits per heavy atom. The highest BCUT2D eigenvalue weighted by Gasteiger charge is 2.12. The highest BCUT2D eigenvalue weighted by Crippen LogP contribution is 2.21. The van der Waals surface area contributed by atoms with Crippen LogP contribution >= 0.6 is 11.8 Å². The molecule has 2 aromatic rings. The molecule has 0 aliphatic rings. The number of methoxy groups -OCH3 is 1. The standard InChI is InChI=1S/C9H10N4O3S/c1-13-7-6(12-9(13)15)8(11-4-10-7)17-3-5(14)16-2/h4H,3H2,1-2H3,(H,12,15). The Kier molecular flexibility index (Phi) is 3.14. The first kappa shape index (κ1) is 11.6. The fourth-order valence-corrected chi connectivity index (χ4v) is 2.09. The minimum Gasteiger partial charge on any atom is -0.468 e. The van der Waals surface area contributed by atoms with Gasteiger partial charge in [0, 0.05) is 7.05 Å². The van der Waals surface area contributed by atoms with Crippen LogP contribution in [0.4, 0.5) is 0 Å². The smallest absolute Gasteiger partial charge is 0.327 e. The molecule has 0 bridgehead atoms. The van der Waals surface area contributed by atoms with Gasteiger partial charge in [-0.15, -0.1) is 0 Å². The van der Waals surface area contributed by atoms with Gasteiger partial charge in [0.15, 0.2) is 5.65 Å². The van der Waals surface area contributed by atoms with Crippen molar-refractivity contribution in [1.82, 2.24) is 19.5 Å². The van der Waals surface area contributed by atoms with Gasteiger partial charge in [-0.2, -0.15) is 0 Å². The summed E-state index contributed by atoms with van der Waals surface area (Å²) in [5.41, 5.74) is 0.784. The van der Waals surface area contributed by atoms with E-state index in [-0.39, 0.29) is 17.4 Å². The average molecular weight is 254 g/mol. The van der Waals surface area contributed by atoms with Crippen molar-refractivity contribution in [3.63, 3.8) is 0 Å². The van der Waals surface area contributed by atoms with E-state index < -0.39 is 0 Å². The predicted octanol–water partition coefficient (Wildman–Crippen LogP) is -0.0783. The summed E-state index contributed by atoms with van der Waals surface area (Å²) in [5.74, 6) is -0.209. The lowest BCUT2D eigenvalue weighted by molar-refractivity contribution is -0.137. The molecule has 0 fully saturated rings. The summed E-state index contributed by atoms with van der Waals surface area (Å²) in [4.78, 5) is 33.1. The van der Waals surface area contributed by atoms with E-state index in [9.17, 15) is 9.59 Å². The number of esters is 1. The number of aryl methyl sites for hydroxylation is 1. The maximum Gasteiger partial charge on any atom is 0.327 e. The zero-order valence-corrected chi connectivity index (χ0v) is 10.1. The van der Waals surface area contributed by atoms with E-state index in [4.69, 9.17) is 0 Å².